The first-order valence-corrected chi connectivity index (χ1v) is 7.92. The fraction of sp³-hybridized carbons (Fsp3) is 0.353. The van der Waals surface area contributed by atoms with Crippen molar-refractivity contribution in [2.24, 2.45) is 0 Å². The molecule has 1 fully saturated rings. The number of anilines is 3. The summed E-state index contributed by atoms with van der Waals surface area (Å²) in [5.41, 5.74) is 7.56. The van der Waals surface area contributed by atoms with E-state index >= 15 is 0 Å². The largest absolute Gasteiger partial charge is 0.397 e. The lowest BCUT2D eigenvalue weighted by molar-refractivity contribution is -0.115. The van der Waals surface area contributed by atoms with E-state index in [9.17, 15) is 4.79 Å². The number of nitrogen functional groups attached to an aromatic ring is 1. The molecule has 1 aliphatic heterocycles. The van der Waals surface area contributed by atoms with Gasteiger partial charge in [-0.25, -0.2) is 4.98 Å². The van der Waals surface area contributed by atoms with Gasteiger partial charge in [0.1, 0.15) is 5.82 Å². The van der Waals surface area contributed by atoms with Gasteiger partial charge < -0.3 is 16.0 Å². The van der Waals surface area contributed by atoms with Gasteiger partial charge in [-0.3, -0.25) is 9.78 Å². The zero-order valence-electron chi connectivity index (χ0n) is 13.0. The second-order valence-electron chi connectivity index (χ2n) is 5.76. The molecule has 0 unspecified atom stereocenters. The molecule has 0 radical (unpaired) electrons. The van der Waals surface area contributed by atoms with Crippen LogP contribution in [0.3, 0.4) is 0 Å². The van der Waals surface area contributed by atoms with Crippen molar-refractivity contribution in [2.75, 3.05) is 29.0 Å². The zero-order chi connectivity index (χ0) is 16.1. The minimum absolute atomic E-state index is 0.116. The summed E-state index contributed by atoms with van der Waals surface area (Å²) in [4.78, 5) is 22.9. The summed E-state index contributed by atoms with van der Waals surface area (Å²) in [5, 5.41) is 2.84. The van der Waals surface area contributed by atoms with Crippen LogP contribution < -0.4 is 16.0 Å². The second-order valence-corrected chi connectivity index (χ2v) is 5.76. The molecule has 0 spiro atoms. The molecule has 2 aromatic heterocycles. The Kier molecular flexibility index (Phi) is 4.71. The minimum Gasteiger partial charge on any atom is -0.397 e. The third-order valence-corrected chi connectivity index (χ3v) is 3.90. The predicted molar refractivity (Wildman–Crippen MR) is 91.3 cm³/mol. The molecule has 1 amide bonds. The Balaban J connectivity index is 1.57. The van der Waals surface area contributed by atoms with Crippen LogP contribution in [0.4, 0.5) is 17.2 Å². The SMILES string of the molecule is Nc1ccc(CC(=O)Nc2ccc(N3CCCCC3)nc2)nc1. The van der Waals surface area contributed by atoms with Gasteiger partial charge in [0.2, 0.25) is 5.91 Å². The van der Waals surface area contributed by atoms with E-state index in [4.69, 9.17) is 5.73 Å². The Morgan fingerprint density at radius 2 is 1.91 bits per heavy atom. The smallest absolute Gasteiger partial charge is 0.230 e. The molecule has 0 aliphatic carbocycles. The summed E-state index contributed by atoms with van der Waals surface area (Å²) in [6.45, 7) is 2.11. The maximum atomic E-state index is 12.0. The first-order chi connectivity index (χ1) is 11.2. The van der Waals surface area contributed by atoms with Crippen LogP contribution in [0, 0.1) is 0 Å². The van der Waals surface area contributed by atoms with Crippen LogP contribution in [0.2, 0.25) is 0 Å². The molecule has 0 saturated carbocycles. The van der Waals surface area contributed by atoms with Crippen molar-refractivity contribution in [1.82, 2.24) is 9.97 Å². The molecule has 3 N–H and O–H groups in total. The Bertz CT molecular complexity index is 648. The van der Waals surface area contributed by atoms with Crippen LogP contribution in [0.5, 0.6) is 0 Å². The number of hydrogen-bond donors (Lipinski definition) is 2. The predicted octanol–water partition coefficient (Wildman–Crippen LogP) is 2.23. The van der Waals surface area contributed by atoms with Gasteiger partial charge in [-0.2, -0.15) is 0 Å². The van der Waals surface area contributed by atoms with E-state index in [0.29, 0.717) is 17.1 Å². The summed E-state index contributed by atoms with van der Waals surface area (Å²) in [6, 6.07) is 7.35. The van der Waals surface area contributed by atoms with Gasteiger partial charge in [0.15, 0.2) is 0 Å². The molecule has 3 rings (SSSR count). The lowest BCUT2D eigenvalue weighted by Crippen LogP contribution is -2.30. The maximum absolute atomic E-state index is 12.0. The van der Waals surface area contributed by atoms with Crippen LogP contribution in [0.25, 0.3) is 0 Å². The molecule has 1 aliphatic rings. The molecule has 2 aromatic rings. The van der Waals surface area contributed by atoms with Gasteiger partial charge in [0.25, 0.3) is 0 Å². The lowest BCUT2D eigenvalue weighted by Gasteiger charge is -2.27. The second kappa shape index (κ2) is 7.09. The third-order valence-electron chi connectivity index (χ3n) is 3.90. The average Bonchev–Trinajstić information content (AvgIpc) is 2.58. The Morgan fingerprint density at radius 3 is 2.57 bits per heavy atom. The van der Waals surface area contributed by atoms with Gasteiger partial charge in [-0.05, 0) is 43.5 Å². The first kappa shape index (κ1) is 15.3. The number of rotatable bonds is 4. The molecule has 1 saturated heterocycles. The van der Waals surface area contributed by atoms with E-state index in [0.717, 1.165) is 18.9 Å². The van der Waals surface area contributed by atoms with Crippen molar-refractivity contribution in [1.29, 1.82) is 0 Å². The quantitative estimate of drug-likeness (QED) is 0.904. The number of hydrogen-bond acceptors (Lipinski definition) is 5. The monoisotopic (exact) mass is 311 g/mol. The highest BCUT2D eigenvalue weighted by atomic mass is 16.1. The van der Waals surface area contributed by atoms with E-state index in [-0.39, 0.29) is 12.3 Å². The number of amides is 1. The lowest BCUT2D eigenvalue weighted by atomic mass is 10.1. The summed E-state index contributed by atoms with van der Waals surface area (Å²) >= 11 is 0. The number of carbonyl (C=O) groups is 1. The molecule has 0 bridgehead atoms. The number of nitrogens with zero attached hydrogens (tertiary/aromatic N) is 3. The fourth-order valence-corrected chi connectivity index (χ4v) is 2.68. The van der Waals surface area contributed by atoms with Crippen molar-refractivity contribution in [2.45, 2.75) is 25.7 Å². The summed E-state index contributed by atoms with van der Waals surface area (Å²) in [7, 11) is 0. The van der Waals surface area contributed by atoms with E-state index in [1.165, 1.54) is 19.3 Å². The van der Waals surface area contributed by atoms with Gasteiger partial charge in [-0.15, -0.1) is 0 Å². The molecular formula is C17H21N5O. The number of nitrogens with one attached hydrogen (secondary N) is 1. The van der Waals surface area contributed by atoms with Crippen LogP contribution in [-0.2, 0) is 11.2 Å². The number of pyridine rings is 2. The molecule has 0 atom stereocenters. The van der Waals surface area contributed by atoms with Gasteiger partial charge in [0, 0.05) is 18.8 Å². The fourth-order valence-electron chi connectivity index (χ4n) is 2.68. The normalized spacial score (nSPS) is 14.5. The van der Waals surface area contributed by atoms with Gasteiger partial charge in [-0.1, -0.05) is 0 Å². The van der Waals surface area contributed by atoms with Crippen molar-refractivity contribution < 1.29 is 4.79 Å². The molecule has 120 valence electrons. The third kappa shape index (κ3) is 4.18. The van der Waals surface area contributed by atoms with Crippen molar-refractivity contribution in [3.63, 3.8) is 0 Å². The summed E-state index contributed by atoms with van der Waals surface area (Å²) in [5.74, 6) is 0.859. The first-order valence-electron chi connectivity index (χ1n) is 7.92. The minimum atomic E-state index is -0.116. The molecule has 3 heterocycles. The Labute approximate surface area is 135 Å². The maximum Gasteiger partial charge on any atom is 0.230 e. The highest BCUT2D eigenvalue weighted by molar-refractivity contribution is 5.91. The highest BCUT2D eigenvalue weighted by Gasteiger charge is 2.12. The average molecular weight is 311 g/mol. The molecular weight excluding hydrogens is 290 g/mol. The Hall–Kier alpha value is -2.63. The molecule has 23 heavy (non-hydrogen) atoms. The van der Waals surface area contributed by atoms with Crippen LogP contribution in [0.1, 0.15) is 25.0 Å². The Morgan fingerprint density at radius 1 is 1.09 bits per heavy atom. The van der Waals surface area contributed by atoms with E-state index in [1.807, 2.05) is 12.1 Å². The van der Waals surface area contributed by atoms with E-state index < -0.39 is 0 Å². The van der Waals surface area contributed by atoms with Gasteiger partial charge >= 0.3 is 0 Å². The summed E-state index contributed by atoms with van der Waals surface area (Å²) < 4.78 is 0. The van der Waals surface area contributed by atoms with Crippen molar-refractivity contribution in [3.8, 4) is 0 Å². The summed E-state index contributed by atoms with van der Waals surface area (Å²) in [6.07, 6.45) is 7.21. The van der Waals surface area contributed by atoms with Gasteiger partial charge in [0.05, 0.1) is 30.2 Å². The number of nitrogens with two attached hydrogens (primary N) is 1. The molecule has 6 heteroatoms. The topological polar surface area (TPSA) is 84.1 Å². The standard InChI is InChI=1S/C17H21N5O/c18-13-4-5-14(19-11-13)10-17(23)21-15-6-7-16(20-12-15)22-8-2-1-3-9-22/h4-7,11-12H,1-3,8-10,18H2,(H,21,23). The van der Waals surface area contributed by atoms with Crippen molar-refractivity contribution in [3.05, 3.63) is 42.4 Å². The zero-order valence-corrected chi connectivity index (χ0v) is 13.0. The van der Waals surface area contributed by atoms with Crippen LogP contribution in [-0.4, -0.2) is 29.0 Å². The highest BCUT2D eigenvalue weighted by Crippen LogP contribution is 2.19. The molecule has 0 aromatic carbocycles. The van der Waals surface area contributed by atoms with E-state index in [1.54, 1.807) is 24.5 Å². The van der Waals surface area contributed by atoms with E-state index in [2.05, 4.69) is 20.2 Å². The number of piperidine rings is 1. The van der Waals surface area contributed by atoms with Crippen LogP contribution >= 0.6 is 0 Å². The molecule has 6 nitrogen and oxygen atoms in total. The van der Waals surface area contributed by atoms with Crippen molar-refractivity contribution >= 4 is 23.1 Å². The number of aromatic nitrogens is 2. The number of carbonyl (C=O) groups excluding carboxylic acids is 1. The van der Waals surface area contributed by atoms with Crippen LogP contribution in [0.15, 0.2) is 36.7 Å².